The van der Waals surface area contributed by atoms with Crippen molar-refractivity contribution in [3.05, 3.63) is 0 Å². The van der Waals surface area contributed by atoms with Crippen LogP contribution in [0.4, 0.5) is 0 Å². The second-order valence-corrected chi connectivity index (χ2v) is 4.13. The highest BCUT2D eigenvalue weighted by atomic mass is 15.2. The fourth-order valence-electron chi connectivity index (χ4n) is 2.02. The van der Waals surface area contributed by atoms with E-state index in [1.807, 2.05) is 0 Å². The lowest BCUT2D eigenvalue weighted by atomic mass is 10.0. The third kappa shape index (κ3) is 3.28. The smallest absolute Gasteiger partial charge is 0.0843 e. The molecular weight excluding hydrogens is 174 g/mol. The quantitative estimate of drug-likeness (QED) is 0.688. The maximum atomic E-state index is 8.49. The van der Waals surface area contributed by atoms with E-state index in [1.165, 1.54) is 25.8 Å². The molecule has 80 valence electrons. The van der Waals surface area contributed by atoms with Crippen LogP contribution in [0.1, 0.15) is 33.1 Å². The van der Waals surface area contributed by atoms with E-state index in [1.54, 1.807) is 0 Å². The summed E-state index contributed by atoms with van der Waals surface area (Å²) in [6, 6.07) is 3.35. The standard InChI is InChI=1S/C11H21N3/c1-3-10(2)14-8-4-5-11(9-14)13-7-6-12/h10-11,13H,3-5,7-9H2,1-2H3. The van der Waals surface area contributed by atoms with E-state index >= 15 is 0 Å². The minimum atomic E-state index is 0.485. The van der Waals surface area contributed by atoms with Crippen molar-refractivity contribution in [3.8, 4) is 6.07 Å². The average molecular weight is 195 g/mol. The van der Waals surface area contributed by atoms with Crippen LogP contribution in [0.15, 0.2) is 0 Å². The van der Waals surface area contributed by atoms with E-state index < -0.39 is 0 Å². The molecule has 0 aliphatic carbocycles. The first kappa shape index (κ1) is 11.5. The second-order valence-electron chi connectivity index (χ2n) is 4.13. The molecule has 0 radical (unpaired) electrons. The Bertz CT molecular complexity index is 197. The number of nitriles is 1. The van der Waals surface area contributed by atoms with Crippen molar-refractivity contribution >= 4 is 0 Å². The molecular formula is C11H21N3. The average Bonchev–Trinajstić information content (AvgIpc) is 2.25. The van der Waals surface area contributed by atoms with E-state index in [9.17, 15) is 0 Å². The van der Waals surface area contributed by atoms with Gasteiger partial charge in [0.15, 0.2) is 0 Å². The molecule has 1 aliphatic heterocycles. The Hall–Kier alpha value is -0.590. The zero-order valence-corrected chi connectivity index (χ0v) is 9.29. The molecule has 1 heterocycles. The van der Waals surface area contributed by atoms with Crippen molar-refractivity contribution in [1.82, 2.24) is 10.2 Å². The SMILES string of the molecule is CCC(C)N1CCCC(NCC#N)C1. The molecule has 0 bridgehead atoms. The van der Waals surface area contributed by atoms with Gasteiger partial charge in [-0.3, -0.25) is 4.90 Å². The van der Waals surface area contributed by atoms with Crippen molar-refractivity contribution in [1.29, 1.82) is 5.26 Å². The molecule has 1 saturated heterocycles. The first-order chi connectivity index (χ1) is 6.77. The van der Waals surface area contributed by atoms with Crippen LogP contribution in [0.25, 0.3) is 0 Å². The van der Waals surface area contributed by atoms with Crippen LogP contribution in [0.5, 0.6) is 0 Å². The summed E-state index contributed by atoms with van der Waals surface area (Å²) in [5.74, 6) is 0. The highest BCUT2D eigenvalue weighted by Gasteiger charge is 2.21. The fraction of sp³-hybridized carbons (Fsp3) is 0.909. The zero-order chi connectivity index (χ0) is 10.4. The predicted molar refractivity (Wildman–Crippen MR) is 58.0 cm³/mol. The lowest BCUT2D eigenvalue weighted by Gasteiger charge is -2.36. The largest absolute Gasteiger partial charge is 0.300 e. The Kier molecular flexibility index (Phi) is 4.92. The lowest BCUT2D eigenvalue weighted by molar-refractivity contribution is 0.144. The zero-order valence-electron chi connectivity index (χ0n) is 9.29. The third-order valence-electron chi connectivity index (χ3n) is 3.14. The molecule has 0 aromatic carbocycles. The number of nitrogens with zero attached hydrogens (tertiary/aromatic N) is 2. The van der Waals surface area contributed by atoms with Crippen LogP contribution in [0.3, 0.4) is 0 Å². The van der Waals surface area contributed by atoms with Gasteiger partial charge in [0.1, 0.15) is 0 Å². The molecule has 0 saturated carbocycles. The molecule has 0 aromatic rings. The van der Waals surface area contributed by atoms with E-state index in [-0.39, 0.29) is 0 Å². The van der Waals surface area contributed by atoms with Gasteiger partial charge in [-0.25, -0.2) is 0 Å². The van der Waals surface area contributed by atoms with Crippen LogP contribution in [0, 0.1) is 11.3 Å². The van der Waals surface area contributed by atoms with Crippen LogP contribution in [-0.4, -0.2) is 36.6 Å². The Labute approximate surface area is 87.1 Å². The summed E-state index contributed by atoms with van der Waals surface area (Å²) in [4.78, 5) is 2.53. The van der Waals surface area contributed by atoms with Gasteiger partial charge in [-0.05, 0) is 32.7 Å². The molecule has 0 spiro atoms. The van der Waals surface area contributed by atoms with E-state index in [0.717, 1.165) is 6.54 Å². The minimum absolute atomic E-state index is 0.485. The summed E-state index contributed by atoms with van der Waals surface area (Å²) in [7, 11) is 0. The van der Waals surface area contributed by atoms with Gasteiger partial charge in [-0.15, -0.1) is 0 Å². The predicted octanol–water partition coefficient (Wildman–Crippen LogP) is 1.36. The van der Waals surface area contributed by atoms with Gasteiger partial charge >= 0.3 is 0 Å². The van der Waals surface area contributed by atoms with Gasteiger partial charge in [-0.1, -0.05) is 6.92 Å². The van der Waals surface area contributed by atoms with Crippen LogP contribution < -0.4 is 5.32 Å². The van der Waals surface area contributed by atoms with Crippen molar-refractivity contribution in [2.45, 2.75) is 45.2 Å². The summed E-state index contributed by atoms with van der Waals surface area (Å²) in [6.07, 6.45) is 3.69. The summed E-state index contributed by atoms with van der Waals surface area (Å²) in [5.41, 5.74) is 0. The summed E-state index contributed by atoms with van der Waals surface area (Å²) in [6.45, 7) is 7.33. The van der Waals surface area contributed by atoms with Gasteiger partial charge in [0.2, 0.25) is 0 Å². The molecule has 0 amide bonds. The molecule has 14 heavy (non-hydrogen) atoms. The van der Waals surface area contributed by atoms with Crippen LogP contribution in [0.2, 0.25) is 0 Å². The maximum absolute atomic E-state index is 8.49. The molecule has 1 aliphatic rings. The Morgan fingerprint density at radius 1 is 1.64 bits per heavy atom. The number of hydrogen-bond acceptors (Lipinski definition) is 3. The number of nitrogens with one attached hydrogen (secondary N) is 1. The van der Waals surface area contributed by atoms with Gasteiger partial charge < -0.3 is 5.32 Å². The van der Waals surface area contributed by atoms with Crippen molar-refractivity contribution < 1.29 is 0 Å². The molecule has 1 N–H and O–H groups in total. The first-order valence-corrected chi connectivity index (χ1v) is 5.62. The Morgan fingerprint density at radius 3 is 3.07 bits per heavy atom. The van der Waals surface area contributed by atoms with Gasteiger partial charge in [0, 0.05) is 18.6 Å². The molecule has 0 aromatic heterocycles. The van der Waals surface area contributed by atoms with Gasteiger partial charge in [-0.2, -0.15) is 5.26 Å². The molecule has 1 rings (SSSR count). The molecule has 2 unspecified atom stereocenters. The highest BCUT2D eigenvalue weighted by molar-refractivity contribution is 4.84. The summed E-state index contributed by atoms with van der Waals surface area (Å²) in [5, 5.41) is 11.8. The van der Waals surface area contributed by atoms with E-state index in [4.69, 9.17) is 5.26 Å². The number of hydrogen-bond donors (Lipinski definition) is 1. The first-order valence-electron chi connectivity index (χ1n) is 5.62. The topological polar surface area (TPSA) is 39.1 Å². The molecule has 1 fully saturated rings. The number of piperidine rings is 1. The molecule has 2 atom stereocenters. The highest BCUT2D eigenvalue weighted by Crippen LogP contribution is 2.14. The van der Waals surface area contributed by atoms with Gasteiger partial charge in [0.05, 0.1) is 12.6 Å². The van der Waals surface area contributed by atoms with E-state index in [0.29, 0.717) is 18.6 Å². The Balaban J connectivity index is 2.32. The van der Waals surface area contributed by atoms with Crippen molar-refractivity contribution in [2.24, 2.45) is 0 Å². The number of rotatable bonds is 4. The van der Waals surface area contributed by atoms with Crippen molar-refractivity contribution in [3.63, 3.8) is 0 Å². The summed E-state index contributed by atoms with van der Waals surface area (Å²) >= 11 is 0. The number of likely N-dealkylation sites (tertiary alicyclic amines) is 1. The monoisotopic (exact) mass is 195 g/mol. The van der Waals surface area contributed by atoms with Crippen molar-refractivity contribution in [2.75, 3.05) is 19.6 Å². The molecule has 3 nitrogen and oxygen atoms in total. The summed E-state index contributed by atoms with van der Waals surface area (Å²) < 4.78 is 0. The lowest BCUT2D eigenvalue weighted by Crippen LogP contribution is -2.48. The minimum Gasteiger partial charge on any atom is -0.300 e. The fourth-order valence-corrected chi connectivity index (χ4v) is 2.02. The van der Waals surface area contributed by atoms with Crippen LogP contribution in [-0.2, 0) is 0 Å². The normalized spacial score (nSPS) is 25.6. The second kappa shape index (κ2) is 6.00. The van der Waals surface area contributed by atoms with Crippen LogP contribution >= 0.6 is 0 Å². The van der Waals surface area contributed by atoms with E-state index in [2.05, 4.69) is 30.1 Å². The third-order valence-corrected chi connectivity index (χ3v) is 3.14. The Morgan fingerprint density at radius 2 is 2.43 bits per heavy atom. The molecule has 3 heteroatoms. The maximum Gasteiger partial charge on any atom is 0.0843 e. The van der Waals surface area contributed by atoms with Gasteiger partial charge in [0.25, 0.3) is 0 Å².